The van der Waals surface area contributed by atoms with Gasteiger partial charge in [0.15, 0.2) is 0 Å². The average Bonchev–Trinajstić information content (AvgIpc) is 2.55. The first-order chi connectivity index (χ1) is 11.1. The molecule has 0 bridgehead atoms. The van der Waals surface area contributed by atoms with Crippen LogP contribution in [0, 0.1) is 0 Å². The van der Waals surface area contributed by atoms with Crippen LogP contribution in [0.4, 0.5) is 0 Å². The molecule has 4 heteroatoms. The molecule has 4 nitrogen and oxygen atoms in total. The molecular weight excluding hydrogens is 288 g/mol. The number of phenolic OH excluding ortho intramolecular Hbond substituents is 1. The van der Waals surface area contributed by atoms with Crippen LogP contribution in [0.2, 0.25) is 0 Å². The third-order valence-corrected chi connectivity index (χ3v) is 3.75. The summed E-state index contributed by atoms with van der Waals surface area (Å²) in [7, 11) is 0. The van der Waals surface area contributed by atoms with Gasteiger partial charge in [-0.1, -0.05) is 55.4 Å². The number of phenols is 1. The molecule has 23 heavy (non-hydrogen) atoms. The standard InChI is InChI=1S/C19H22N2O2/c1-3-5-13-10-15(12-19(20)21-23)17(4-2)18(11-13)14-6-8-16(22)9-7-14/h4,6-11,22-23H,2-3,5,12H2,1H3,(H2,20,21). The Labute approximate surface area is 136 Å². The smallest absolute Gasteiger partial charge is 0.143 e. The van der Waals surface area contributed by atoms with E-state index in [1.165, 1.54) is 5.56 Å². The van der Waals surface area contributed by atoms with Crippen molar-refractivity contribution in [1.29, 1.82) is 0 Å². The molecular formula is C19H22N2O2. The fraction of sp³-hybridized carbons (Fsp3) is 0.211. The van der Waals surface area contributed by atoms with Crippen LogP contribution in [-0.4, -0.2) is 16.1 Å². The van der Waals surface area contributed by atoms with Crippen LogP contribution < -0.4 is 5.73 Å². The van der Waals surface area contributed by atoms with Gasteiger partial charge in [-0.3, -0.25) is 0 Å². The van der Waals surface area contributed by atoms with E-state index in [1.54, 1.807) is 18.2 Å². The van der Waals surface area contributed by atoms with Crippen molar-refractivity contribution in [2.24, 2.45) is 10.9 Å². The van der Waals surface area contributed by atoms with E-state index in [1.807, 2.05) is 12.1 Å². The summed E-state index contributed by atoms with van der Waals surface area (Å²) in [6.07, 6.45) is 4.13. The molecule has 0 saturated carbocycles. The molecule has 0 spiro atoms. The lowest BCUT2D eigenvalue weighted by Crippen LogP contribution is -2.16. The Kier molecular flexibility index (Phi) is 5.41. The van der Waals surface area contributed by atoms with Crippen molar-refractivity contribution in [3.8, 4) is 16.9 Å². The molecule has 0 aliphatic heterocycles. The van der Waals surface area contributed by atoms with Gasteiger partial charge < -0.3 is 16.0 Å². The number of hydrogen-bond acceptors (Lipinski definition) is 3. The highest BCUT2D eigenvalue weighted by Crippen LogP contribution is 2.31. The molecule has 0 heterocycles. The molecule has 2 rings (SSSR count). The molecule has 0 atom stereocenters. The molecule has 0 radical (unpaired) electrons. The van der Waals surface area contributed by atoms with Crippen LogP contribution in [0.25, 0.3) is 17.2 Å². The van der Waals surface area contributed by atoms with Crippen LogP contribution >= 0.6 is 0 Å². The molecule has 0 amide bonds. The maximum atomic E-state index is 9.49. The average molecular weight is 310 g/mol. The van der Waals surface area contributed by atoms with Crippen molar-refractivity contribution in [1.82, 2.24) is 0 Å². The SMILES string of the molecule is C=Cc1c(C/C(N)=N/O)cc(CCC)cc1-c1ccc(O)cc1. The molecule has 0 saturated heterocycles. The fourth-order valence-corrected chi connectivity index (χ4v) is 2.71. The van der Waals surface area contributed by atoms with Crippen molar-refractivity contribution < 1.29 is 10.3 Å². The molecule has 2 aromatic rings. The zero-order valence-electron chi connectivity index (χ0n) is 13.3. The zero-order valence-corrected chi connectivity index (χ0v) is 13.3. The Morgan fingerprint density at radius 1 is 1.26 bits per heavy atom. The van der Waals surface area contributed by atoms with Crippen molar-refractivity contribution in [2.45, 2.75) is 26.2 Å². The minimum absolute atomic E-state index is 0.165. The van der Waals surface area contributed by atoms with E-state index < -0.39 is 0 Å². The lowest BCUT2D eigenvalue weighted by Gasteiger charge is -2.15. The van der Waals surface area contributed by atoms with Crippen molar-refractivity contribution in [2.75, 3.05) is 0 Å². The highest BCUT2D eigenvalue weighted by molar-refractivity contribution is 5.86. The summed E-state index contributed by atoms with van der Waals surface area (Å²) in [6.45, 7) is 6.04. The number of oxime groups is 1. The molecule has 120 valence electrons. The fourth-order valence-electron chi connectivity index (χ4n) is 2.71. The number of benzene rings is 2. The lowest BCUT2D eigenvalue weighted by atomic mass is 9.90. The van der Waals surface area contributed by atoms with Gasteiger partial charge in [0.25, 0.3) is 0 Å². The van der Waals surface area contributed by atoms with Crippen LogP contribution in [0.3, 0.4) is 0 Å². The minimum atomic E-state index is 0.165. The van der Waals surface area contributed by atoms with E-state index >= 15 is 0 Å². The number of amidine groups is 1. The molecule has 0 aromatic heterocycles. The van der Waals surface area contributed by atoms with E-state index in [0.717, 1.165) is 35.1 Å². The molecule has 0 fully saturated rings. The van der Waals surface area contributed by atoms with E-state index in [-0.39, 0.29) is 11.6 Å². The third-order valence-electron chi connectivity index (χ3n) is 3.75. The van der Waals surface area contributed by atoms with Crippen molar-refractivity contribution >= 4 is 11.9 Å². The summed E-state index contributed by atoms with van der Waals surface area (Å²) >= 11 is 0. The monoisotopic (exact) mass is 310 g/mol. The van der Waals surface area contributed by atoms with Crippen molar-refractivity contribution in [3.63, 3.8) is 0 Å². The molecule has 0 unspecified atom stereocenters. The summed E-state index contributed by atoms with van der Waals surface area (Å²) < 4.78 is 0. The van der Waals surface area contributed by atoms with Crippen molar-refractivity contribution in [3.05, 3.63) is 59.7 Å². The van der Waals surface area contributed by atoms with Crippen LogP contribution in [0.1, 0.15) is 30.0 Å². The van der Waals surface area contributed by atoms with Gasteiger partial charge in [-0.25, -0.2) is 0 Å². The van der Waals surface area contributed by atoms with Gasteiger partial charge in [0.1, 0.15) is 11.6 Å². The Morgan fingerprint density at radius 2 is 1.96 bits per heavy atom. The highest BCUT2D eigenvalue weighted by atomic mass is 16.4. The van der Waals surface area contributed by atoms with Crippen LogP contribution in [0.5, 0.6) is 5.75 Å². The first-order valence-electron chi connectivity index (χ1n) is 7.63. The molecule has 4 N–H and O–H groups in total. The van der Waals surface area contributed by atoms with Gasteiger partial charge in [-0.05, 0) is 46.4 Å². The largest absolute Gasteiger partial charge is 0.508 e. The molecule has 0 aliphatic carbocycles. The normalized spacial score (nSPS) is 11.4. The van der Waals surface area contributed by atoms with Gasteiger partial charge in [0.05, 0.1) is 0 Å². The van der Waals surface area contributed by atoms with E-state index in [0.29, 0.717) is 6.42 Å². The Hall–Kier alpha value is -2.75. The molecule has 2 aromatic carbocycles. The topological polar surface area (TPSA) is 78.8 Å². The second kappa shape index (κ2) is 7.49. The van der Waals surface area contributed by atoms with Gasteiger partial charge in [0.2, 0.25) is 0 Å². The summed E-state index contributed by atoms with van der Waals surface area (Å²) in [6, 6.07) is 11.3. The summed E-state index contributed by atoms with van der Waals surface area (Å²) in [5.74, 6) is 0.397. The molecule has 0 aliphatic rings. The maximum absolute atomic E-state index is 9.49. The predicted molar refractivity (Wildman–Crippen MR) is 94.7 cm³/mol. The summed E-state index contributed by atoms with van der Waals surface area (Å²) in [5, 5.41) is 21.4. The predicted octanol–water partition coefficient (Wildman–Crippen LogP) is 3.94. The highest BCUT2D eigenvalue weighted by Gasteiger charge is 2.12. The Balaban J connectivity index is 2.62. The van der Waals surface area contributed by atoms with Gasteiger partial charge in [0, 0.05) is 6.42 Å². The van der Waals surface area contributed by atoms with Gasteiger partial charge in [-0.15, -0.1) is 0 Å². The third kappa shape index (κ3) is 3.92. The van der Waals surface area contributed by atoms with Gasteiger partial charge in [-0.2, -0.15) is 0 Å². The first-order valence-corrected chi connectivity index (χ1v) is 7.63. The number of nitrogens with zero attached hydrogens (tertiary/aromatic N) is 1. The minimum Gasteiger partial charge on any atom is -0.508 e. The van der Waals surface area contributed by atoms with E-state index in [9.17, 15) is 5.11 Å². The summed E-state index contributed by atoms with van der Waals surface area (Å²) in [5.41, 5.74) is 10.9. The van der Waals surface area contributed by atoms with Gasteiger partial charge >= 0.3 is 0 Å². The second-order valence-electron chi connectivity index (χ2n) is 5.49. The number of aryl methyl sites for hydroxylation is 1. The first kappa shape index (κ1) is 16.6. The van der Waals surface area contributed by atoms with Crippen LogP contribution in [-0.2, 0) is 12.8 Å². The lowest BCUT2D eigenvalue weighted by molar-refractivity contribution is 0.317. The number of rotatable bonds is 6. The van der Waals surface area contributed by atoms with Crippen LogP contribution in [0.15, 0.2) is 48.1 Å². The zero-order chi connectivity index (χ0) is 16.8. The Bertz CT molecular complexity index is 719. The maximum Gasteiger partial charge on any atom is 0.143 e. The second-order valence-corrected chi connectivity index (χ2v) is 5.49. The Morgan fingerprint density at radius 3 is 2.52 bits per heavy atom. The van der Waals surface area contributed by atoms with E-state index in [2.05, 4.69) is 30.8 Å². The summed E-state index contributed by atoms with van der Waals surface area (Å²) in [4.78, 5) is 0. The number of hydrogen-bond donors (Lipinski definition) is 3. The number of nitrogens with two attached hydrogens (primary N) is 1. The van der Waals surface area contributed by atoms with E-state index in [4.69, 9.17) is 10.9 Å². The quantitative estimate of drug-likeness (QED) is 0.327. The number of aromatic hydroxyl groups is 1.